The van der Waals surface area contributed by atoms with Crippen molar-refractivity contribution in [2.75, 3.05) is 33.9 Å². The number of guanidine groups is 1. The zero-order valence-corrected chi connectivity index (χ0v) is 16.9. The minimum absolute atomic E-state index is 0.342. The SMILES string of the molecule is CCOCCC1(CNC(=NC)NCc2ccc(C)cc2OC)CCCC1. The van der Waals surface area contributed by atoms with Gasteiger partial charge < -0.3 is 20.1 Å². The van der Waals surface area contributed by atoms with Crippen LogP contribution < -0.4 is 15.4 Å². The predicted octanol–water partition coefficient (Wildman–Crippen LogP) is 3.66. The van der Waals surface area contributed by atoms with E-state index in [1.54, 1.807) is 7.11 Å². The molecular weight excluding hydrogens is 326 g/mol. The second kappa shape index (κ2) is 10.4. The van der Waals surface area contributed by atoms with Crippen LogP contribution in [0, 0.1) is 12.3 Å². The van der Waals surface area contributed by atoms with E-state index < -0.39 is 0 Å². The fourth-order valence-corrected chi connectivity index (χ4v) is 3.74. The van der Waals surface area contributed by atoms with Crippen molar-refractivity contribution in [2.24, 2.45) is 10.4 Å². The molecule has 0 unspecified atom stereocenters. The summed E-state index contributed by atoms with van der Waals surface area (Å²) in [7, 11) is 3.54. The summed E-state index contributed by atoms with van der Waals surface area (Å²) in [5.41, 5.74) is 2.67. The van der Waals surface area contributed by atoms with E-state index in [1.165, 1.54) is 31.2 Å². The number of nitrogens with zero attached hydrogens (tertiary/aromatic N) is 1. The summed E-state index contributed by atoms with van der Waals surface area (Å²) < 4.78 is 11.1. The van der Waals surface area contributed by atoms with Crippen LogP contribution in [0.25, 0.3) is 0 Å². The van der Waals surface area contributed by atoms with E-state index in [9.17, 15) is 0 Å². The number of aliphatic imine (C=N–C) groups is 1. The molecule has 0 saturated heterocycles. The van der Waals surface area contributed by atoms with Gasteiger partial charge in [0.05, 0.1) is 7.11 Å². The summed E-state index contributed by atoms with van der Waals surface area (Å²) in [6.45, 7) is 7.42. The molecule has 1 saturated carbocycles. The van der Waals surface area contributed by atoms with Crippen molar-refractivity contribution >= 4 is 5.96 Å². The fourth-order valence-electron chi connectivity index (χ4n) is 3.74. The van der Waals surface area contributed by atoms with Crippen molar-refractivity contribution in [3.05, 3.63) is 29.3 Å². The van der Waals surface area contributed by atoms with Crippen LogP contribution in [0.1, 0.15) is 50.2 Å². The lowest BCUT2D eigenvalue weighted by Crippen LogP contribution is -2.43. The van der Waals surface area contributed by atoms with Crippen LogP contribution >= 0.6 is 0 Å². The third-order valence-corrected chi connectivity index (χ3v) is 5.39. The van der Waals surface area contributed by atoms with Crippen LogP contribution in [-0.2, 0) is 11.3 Å². The fraction of sp³-hybridized carbons (Fsp3) is 0.667. The topological polar surface area (TPSA) is 54.9 Å². The minimum Gasteiger partial charge on any atom is -0.496 e. The summed E-state index contributed by atoms with van der Waals surface area (Å²) in [5, 5.41) is 6.96. The van der Waals surface area contributed by atoms with Crippen molar-refractivity contribution in [2.45, 2.75) is 52.5 Å². The lowest BCUT2D eigenvalue weighted by Gasteiger charge is -2.30. The van der Waals surface area contributed by atoms with E-state index in [4.69, 9.17) is 9.47 Å². The minimum atomic E-state index is 0.342. The van der Waals surface area contributed by atoms with Gasteiger partial charge in [-0.25, -0.2) is 0 Å². The van der Waals surface area contributed by atoms with E-state index in [1.807, 2.05) is 7.05 Å². The van der Waals surface area contributed by atoms with E-state index in [-0.39, 0.29) is 0 Å². The molecule has 2 rings (SSSR count). The Morgan fingerprint density at radius 3 is 2.65 bits per heavy atom. The third-order valence-electron chi connectivity index (χ3n) is 5.39. The van der Waals surface area contributed by atoms with Crippen LogP contribution in [0.2, 0.25) is 0 Å². The monoisotopic (exact) mass is 361 g/mol. The zero-order chi connectivity index (χ0) is 18.8. The second-order valence-corrected chi connectivity index (χ2v) is 7.25. The van der Waals surface area contributed by atoms with Gasteiger partial charge in [0.25, 0.3) is 0 Å². The molecular formula is C21H35N3O2. The van der Waals surface area contributed by atoms with Gasteiger partial charge in [0.15, 0.2) is 5.96 Å². The number of methoxy groups -OCH3 is 1. The summed E-state index contributed by atoms with van der Waals surface area (Å²) in [4.78, 5) is 4.39. The maximum atomic E-state index is 5.61. The van der Waals surface area contributed by atoms with Crippen LogP contribution in [0.5, 0.6) is 5.75 Å². The smallest absolute Gasteiger partial charge is 0.191 e. The third kappa shape index (κ3) is 5.90. The molecule has 1 aromatic carbocycles. The van der Waals surface area contributed by atoms with Crippen LogP contribution in [0.3, 0.4) is 0 Å². The molecule has 1 aromatic rings. The molecule has 146 valence electrons. The first-order chi connectivity index (χ1) is 12.6. The van der Waals surface area contributed by atoms with E-state index in [0.29, 0.717) is 12.0 Å². The van der Waals surface area contributed by atoms with Crippen molar-refractivity contribution in [1.82, 2.24) is 10.6 Å². The molecule has 26 heavy (non-hydrogen) atoms. The molecule has 2 N–H and O–H groups in total. The van der Waals surface area contributed by atoms with Gasteiger partial charge in [-0.05, 0) is 50.2 Å². The predicted molar refractivity (Wildman–Crippen MR) is 108 cm³/mol. The highest BCUT2D eigenvalue weighted by Gasteiger charge is 2.33. The van der Waals surface area contributed by atoms with Crippen LogP contribution in [-0.4, -0.2) is 39.9 Å². The van der Waals surface area contributed by atoms with Crippen LogP contribution in [0.15, 0.2) is 23.2 Å². The molecule has 1 aliphatic rings. The Morgan fingerprint density at radius 1 is 1.23 bits per heavy atom. The molecule has 5 nitrogen and oxygen atoms in total. The number of hydrogen-bond acceptors (Lipinski definition) is 3. The number of ether oxygens (including phenoxy) is 2. The van der Waals surface area contributed by atoms with E-state index in [0.717, 1.165) is 43.5 Å². The molecule has 1 aliphatic carbocycles. The first-order valence-electron chi connectivity index (χ1n) is 9.78. The average Bonchev–Trinajstić information content (AvgIpc) is 3.12. The lowest BCUT2D eigenvalue weighted by molar-refractivity contribution is 0.105. The normalized spacial score (nSPS) is 16.5. The van der Waals surface area contributed by atoms with Crippen molar-refractivity contribution in [3.63, 3.8) is 0 Å². The Morgan fingerprint density at radius 2 is 2.00 bits per heavy atom. The van der Waals surface area contributed by atoms with Crippen LogP contribution in [0.4, 0.5) is 0 Å². The summed E-state index contributed by atoms with van der Waals surface area (Å²) in [6.07, 6.45) is 6.31. The Labute approximate surface area is 158 Å². The second-order valence-electron chi connectivity index (χ2n) is 7.25. The van der Waals surface area contributed by atoms with Gasteiger partial charge in [-0.2, -0.15) is 0 Å². The highest BCUT2D eigenvalue weighted by molar-refractivity contribution is 5.79. The first-order valence-corrected chi connectivity index (χ1v) is 9.78. The molecule has 0 amide bonds. The molecule has 0 spiro atoms. The maximum Gasteiger partial charge on any atom is 0.191 e. The Hall–Kier alpha value is -1.75. The van der Waals surface area contributed by atoms with Gasteiger partial charge in [0.2, 0.25) is 0 Å². The lowest BCUT2D eigenvalue weighted by atomic mass is 9.83. The number of benzene rings is 1. The van der Waals surface area contributed by atoms with Crippen molar-refractivity contribution in [1.29, 1.82) is 0 Å². The molecule has 0 aliphatic heterocycles. The number of nitrogens with one attached hydrogen (secondary N) is 2. The Balaban J connectivity index is 1.88. The quantitative estimate of drug-likeness (QED) is 0.400. The van der Waals surface area contributed by atoms with Crippen molar-refractivity contribution < 1.29 is 9.47 Å². The molecule has 1 fully saturated rings. The standard InChI is InChI=1S/C21H35N3O2/c1-5-26-13-12-21(10-6-7-11-21)16-24-20(22-3)23-15-18-9-8-17(2)14-19(18)25-4/h8-9,14H,5-7,10-13,15-16H2,1-4H3,(H2,22,23,24). The Bertz CT molecular complexity index is 581. The molecule has 5 heteroatoms. The van der Waals surface area contributed by atoms with E-state index >= 15 is 0 Å². The number of hydrogen-bond donors (Lipinski definition) is 2. The molecule has 0 bridgehead atoms. The first kappa shape index (κ1) is 20.6. The summed E-state index contributed by atoms with van der Waals surface area (Å²) >= 11 is 0. The van der Waals surface area contributed by atoms with E-state index in [2.05, 4.69) is 47.7 Å². The molecule has 0 radical (unpaired) electrons. The van der Waals surface area contributed by atoms with Gasteiger partial charge in [0, 0.05) is 38.9 Å². The zero-order valence-electron chi connectivity index (χ0n) is 16.9. The average molecular weight is 362 g/mol. The highest BCUT2D eigenvalue weighted by Crippen LogP contribution is 2.40. The van der Waals surface area contributed by atoms with Gasteiger partial charge in [0.1, 0.15) is 5.75 Å². The largest absolute Gasteiger partial charge is 0.496 e. The van der Waals surface area contributed by atoms with Gasteiger partial charge >= 0.3 is 0 Å². The number of rotatable bonds is 9. The Kier molecular flexibility index (Phi) is 8.23. The molecule has 0 aromatic heterocycles. The van der Waals surface area contributed by atoms with Gasteiger partial charge in [-0.3, -0.25) is 4.99 Å². The number of aryl methyl sites for hydroxylation is 1. The van der Waals surface area contributed by atoms with Gasteiger partial charge in [-0.15, -0.1) is 0 Å². The van der Waals surface area contributed by atoms with Gasteiger partial charge in [-0.1, -0.05) is 25.0 Å². The molecule has 0 heterocycles. The maximum absolute atomic E-state index is 5.61. The highest BCUT2D eigenvalue weighted by atomic mass is 16.5. The molecule has 0 atom stereocenters. The summed E-state index contributed by atoms with van der Waals surface area (Å²) in [5.74, 6) is 1.76. The summed E-state index contributed by atoms with van der Waals surface area (Å²) in [6, 6.07) is 6.28. The van der Waals surface area contributed by atoms with Crippen molar-refractivity contribution in [3.8, 4) is 5.75 Å².